The van der Waals surface area contributed by atoms with Crippen LogP contribution in [0.25, 0.3) is 22.3 Å². The van der Waals surface area contributed by atoms with E-state index in [9.17, 15) is 40.3 Å². The second kappa shape index (κ2) is 15.0. The maximum atomic E-state index is 13.4. The fourth-order valence-corrected chi connectivity index (χ4v) is 6.26. The summed E-state index contributed by atoms with van der Waals surface area (Å²) in [4.78, 5) is 4.11. The summed E-state index contributed by atoms with van der Waals surface area (Å²) in [6.07, 6.45) is -5.23. The number of aryl methyl sites for hydroxylation is 2. The number of hydrogen-bond donors (Lipinski definition) is 7. The molecule has 11 heteroatoms. The van der Waals surface area contributed by atoms with Crippen LogP contribution in [0.3, 0.4) is 0 Å². The number of benzene rings is 3. The molecule has 10 nitrogen and oxygen atoms in total. The Kier molecular flexibility index (Phi) is 11.1. The summed E-state index contributed by atoms with van der Waals surface area (Å²) < 4.78 is 24.9. The fraction of sp³-hybridized carbons (Fsp3) is 0.471. The Hall–Kier alpha value is -3.13. The van der Waals surface area contributed by atoms with Crippen molar-refractivity contribution < 1.29 is 54.7 Å². The molecule has 2 aliphatic heterocycles. The maximum Gasteiger partial charge on any atom is 0.175 e. The van der Waals surface area contributed by atoms with Crippen molar-refractivity contribution in [1.29, 1.82) is 0 Å². The van der Waals surface area contributed by atoms with Gasteiger partial charge in [-0.3, -0.25) is 4.94 Å². The van der Waals surface area contributed by atoms with E-state index in [0.29, 0.717) is 24.0 Å². The number of ether oxygens (including phenoxy) is 2. The van der Waals surface area contributed by atoms with Gasteiger partial charge in [-0.15, -0.1) is 0 Å². The highest BCUT2D eigenvalue weighted by Gasteiger charge is 2.37. The molecule has 5 rings (SSSR count). The molecule has 0 aliphatic carbocycles. The second-order valence-corrected chi connectivity index (χ2v) is 11.9. The Bertz CT molecular complexity index is 1420. The van der Waals surface area contributed by atoms with Gasteiger partial charge < -0.3 is 45.2 Å². The van der Waals surface area contributed by atoms with Gasteiger partial charge in [-0.25, -0.2) is 0 Å². The van der Waals surface area contributed by atoms with Gasteiger partial charge in [0.15, 0.2) is 5.75 Å². The molecule has 2 saturated heterocycles. The van der Waals surface area contributed by atoms with Crippen molar-refractivity contribution in [1.82, 2.24) is 0 Å². The van der Waals surface area contributed by atoms with E-state index in [1.807, 2.05) is 30.3 Å². The Balaban J connectivity index is 1.32. The first-order valence-electron chi connectivity index (χ1n) is 15.3. The molecule has 0 radical (unpaired) electrons. The van der Waals surface area contributed by atoms with Crippen molar-refractivity contribution in [2.45, 2.75) is 87.4 Å². The predicted octanol–water partition coefficient (Wildman–Crippen LogP) is 2.60. The average Bonchev–Trinajstić information content (AvgIpc) is 3.06. The lowest BCUT2D eigenvalue weighted by molar-refractivity contribution is -0.178. The minimum absolute atomic E-state index is 0.0347. The molecule has 244 valence electrons. The molecule has 3 aromatic carbocycles. The summed E-state index contributed by atoms with van der Waals surface area (Å²) in [7, 11) is 0. The van der Waals surface area contributed by atoms with Crippen molar-refractivity contribution >= 4 is 0 Å². The quantitative estimate of drug-likeness (QED) is 0.168. The summed E-state index contributed by atoms with van der Waals surface area (Å²) in [5, 5.41) is 70.5. The lowest BCUT2D eigenvalue weighted by Gasteiger charge is -2.36. The van der Waals surface area contributed by atoms with Crippen LogP contribution in [0.1, 0.15) is 36.8 Å². The van der Waals surface area contributed by atoms with E-state index in [4.69, 9.17) is 9.47 Å². The average molecular weight is 629 g/mol. The number of halogens is 1. The molecule has 0 amide bonds. The van der Waals surface area contributed by atoms with E-state index >= 15 is 0 Å². The van der Waals surface area contributed by atoms with Gasteiger partial charge in [0.1, 0.15) is 18.0 Å². The van der Waals surface area contributed by atoms with Gasteiger partial charge in [0.25, 0.3) is 0 Å². The predicted molar refractivity (Wildman–Crippen MR) is 162 cm³/mol. The van der Waals surface area contributed by atoms with Crippen LogP contribution in [0.15, 0.2) is 60.7 Å². The van der Waals surface area contributed by atoms with Gasteiger partial charge >= 0.3 is 0 Å². The van der Waals surface area contributed by atoms with Crippen molar-refractivity contribution in [3.63, 3.8) is 0 Å². The Morgan fingerprint density at radius 3 is 1.69 bits per heavy atom. The highest BCUT2D eigenvalue weighted by molar-refractivity contribution is 5.74. The highest BCUT2D eigenvalue weighted by atomic mass is 19.3. The van der Waals surface area contributed by atoms with Crippen LogP contribution in [0.2, 0.25) is 0 Å². The van der Waals surface area contributed by atoms with E-state index in [-0.39, 0.29) is 50.4 Å². The number of aliphatic hydroxyl groups is 6. The monoisotopic (exact) mass is 628 g/mol. The minimum Gasteiger partial charge on any atom is -0.508 e. The molecule has 2 aliphatic rings. The van der Waals surface area contributed by atoms with Crippen LogP contribution in [0.4, 0.5) is 4.53 Å². The number of hydrogen-bond acceptors (Lipinski definition) is 10. The van der Waals surface area contributed by atoms with E-state index in [2.05, 4.69) is 4.94 Å². The SMILES string of the molecule is OCC1CC(O)C(O)C(CCc2cc(-c3cccc(-c4ccc(OF)c(CCC5OC(CO)CC(O)C5O)c4)c3)ccc2O)O1. The molecule has 0 aromatic heterocycles. The zero-order valence-electron chi connectivity index (χ0n) is 24.8. The Morgan fingerprint density at radius 2 is 1.16 bits per heavy atom. The molecule has 3 aromatic rings. The van der Waals surface area contributed by atoms with E-state index in [1.165, 1.54) is 6.07 Å². The van der Waals surface area contributed by atoms with E-state index in [1.54, 1.807) is 24.3 Å². The highest BCUT2D eigenvalue weighted by Crippen LogP contribution is 2.34. The van der Waals surface area contributed by atoms with Crippen molar-refractivity contribution in [3.8, 4) is 33.8 Å². The van der Waals surface area contributed by atoms with E-state index < -0.39 is 48.8 Å². The van der Waals surface area contributed by atoms with Crippen molar-refractivity contribution in [3.05, 3.63) is 71.8 Å². The van der Waals surface area contributed by atoms with Crippen LogP contribution in [0, 0.1) is 0 Å². The smallest absolute Gasteiger partial charge is 0.175 e. The topological polar surface area (TPSA) is 169 Å². The van der Waals surface area contributed by atoms with Gasteiger partial charge in [0, 0.05) is 17.4 Å². The van der Waals surface area contributed by atoms with Gasteiger partial charge in [-0.1, -0.05) is 30.3 Å². The number of aromatic hydroxyl groups is 1. The Labute approximate surface area is 260 Å². The fourth-order valence-electron chi connectivity index (χ4n) is 6.26. The largest absolute Gasteiger partial charge is 0.508 e. The summed E-state index contributed by atoms with van der Waals surface area (Å²) in [6.45, 7) is -0.531. The summed E-state index contributed by atoms with van der Waals surface area (Å²) in [5.74, 6) is 0.128. The van der Waals surface area contributed by atoms with Crippen LogP contribution >= 0.6 is 0 Å². The molecule has 8 atom stereocenters. The number of phenols is 1. The summed E-state index contributed by atoms with van der Waals surface area (Å²) in [6, 6.07) is 18.0. The number of phenolic OH excluding ortho intramolecular Hbond substituents is 1. The van der Waals surface area contributed by atoms with Crippen LogP contribution in [0.5, 0.6) is 11.5 Å². The molecule has 0 spiro atoms. The first-order chi connectivity index (χ1) is 21.7. The minimum atomic E-state index is -1.12. The number of rotatable bonds is 11. The summed E-state index contributed by atoms with van der Waals surface area (Å²) >= 11 is 0. The summed E-state index contributed by atoms with van der Waals surface area (Å²) in [5.41, 5.74) is 4.54. The standard InChI is InChI=1S/C34H41FO10/c35-45-30-9-5-22(14-24(30)7-11-32-34(42)29(40)16-26(18-37)44-32)20-3-1-2-19(12-20)21-4-8-27(38)23(13-21)6-10-31-33(41)28(39)15-25(17-36)43-31/h1-5,8-9,12-14,25-26,28-29,31-34,36-42H,6-7,10-11,15-18H2. The third-order valence-electron chi connectivity index (χ3n) is 8.85. The zero-order chi connectivity index (χ0) is 32.1. The van der Waals surface area contributed by atoms with Gasteiger partial charge in [0.05, 0.1) is 49.8 Å². The van der Waals surface area contributed by atoms with Crippen LogP contribution < -0.4 is 4.94 Å². The Morgan fingerprint density at radius 1 is 0.667 bits per heavy atom. The van der Waals surface area contributed by atoms with Crippen molar-refractivity contribution in [2.75, 3.05) is 13.2 Å². The number of aliphatic hydroxyl groups excluding tert-OH is 6. The first kappa shape index (κ1) is 33.2. The normalized spacial score (nSPS) is 28.6. The van der Waals surface area contributed by atoms with Crippen LogP contribution in [-0.4, -0.2) is 97.8 Å². The molecular formula is C34H41FO10. The molecular weight excluding hydrogens is 587 g/mol. The third-order valence-corrected chi connectivity index (χ3v) is 8.85. The molecule has 7 N–H and O–H groups in total. The second-order valence-electron chi connectivity index (χ2n) is 11.9. The van der Waals surface area contributed by atoms with Gasteiger partial charge in [0.2, 0.25) is 0 Å². The molecule has 8 unspecified atom stereocenters. The molecule has 2 fully saturated rings. The van der Waals surface area contributed by atoms with Crippen molar-refractivity contribution in [2.24, 2.45) is 0 Å². The van der Waals surface area contributed by atoms with E-state index in [0.717, 1.165) is 22.3 Å². The zero-order valence-corrected chi connectivity index (χ0v) is 24.8. The van der Waals surface area contributed by atoms with Crippen LogP contribution in [-0.2, 0) is 22.3 Å². The third kappa shape index (κ3) is 7.82. The van der Waals surface area contributed by atoms with Gasteiger partial charge in [-0.05, 0) is 89.4 Å². The first-order valence-corrected chi connectivity index (χ1v) is 15.3. The molecule has 2 heterocycles. The lowest BCUT2D eigenvalue weighted by atomic mass is 9.91. The molecule has 0 saturated carbocycles. The van der Waals surface area contributed by atoms with Gasteiger partial charge in [-0.2, -0.15) is 0 Å². The molecule has 45 heavy (non-hydrogen) atoms. The lowest BCUT2D eigenvalue weighted by Crippen LogP contribution is -2.49. The maximum absolute atomic E-state index is 13.4. The molecule has 0 bridgehead atoms.